The molecule has 0 radical (unpaired) electrons. The quantitative estimate of drug-likeness (QED) is 0.874. The molecular formula is C14H21FN2. The Hall–Kier alpha value is -1.09. The third-order valence-corrected chi connectivity index (χ3v) is 3.69. The number of rotatable bonds is 3. The van der Waals surface area contributed by atoms with Gasteiger partial charge in [-0.2, -0.15) is 0 Å². The highest BCUT2D eigenvalue weighted by atomic mass is 19.1. The molecule has 0 bridgehead atoms. The first-order valence-electron chi connectivity index (χ1n) is 6.42. The molecule has 1 unspecified atom stereocenters. The van der Waals surface area contributed by atoms with E-state index < -0.39 is 0 Å². The standard InChI is InChI=1S/C14H21FN2/c1-3-11-7-8-17(9-11)14-12(10(2)16)5-4-6-13(14)15/h4-6,10-11H,3,7-9,16H2,1-2H3/t10-,11?/m1/s1. The molecule has 0 amide bonds. The molecule has 1 fully saturated rings. The van der Waals surface area contributed by atoms with Crippen LogP contribution in [0.3, 0.4) is 0 Å². The van der Waals surface area contributed by atoms with Gasteiger partial charge >= 0.3 is 0 Å². The van der Waals surface area contributed by atoms with Gasteiger partial charge in [-0.05, 0) is 30.9 Å². The first-order valence-corrected chi connectivity index (χ1v) is 6.42. The van der Waals surface area contributed by atoms with Gasteiger partial charge in [-0.3, -0.25) is 0 Å². The number of anilines is 1. The highest BCUT2D eigenvalue weighted by molar-refractivity contribution is 5.56. The largest absolute Gasteiger partial charge is 0.369 e. The van der Waals surface area contributed by atoms with Crippen LogP contribution in [0.4, 0.5) is 10.1 Å². The van der Waals surface area contributed by atoms with Gasteiger partial charge in [-0.1, -0.05) is 25.5 Å². The summed E-state index contributed by atoms with van der Waals surface area (Å²) in [6.45, 7) is 6.00. The van der Waals surface area contributed by atoms with Gasteiger partial charge in [0.25, 0.3) is 0 Å². The maximum atomic E-state index is 14.0. The fraction of sp³-hybridized carbons (Fsp3) is 0.571. The van der Waals surface area contributed by atoms with E-state index in [1.54, 1.807) is 6.07 Å². The number of benzene rings is 1. The van der Waals surface area contributed by atoms with Crippen LogP contribution in [0.2, 0.25) is 0 Å². The summed E-state index contributed by atoms with van der Waals surface area (Å²) in [4.78, 5) is 2.15. The molecule has 1 aliphatic heterocycles. The zero-order valence-corrected chi connectivity index (χ0v) is 10.6. The van der Waals surface area contributed by atoms with Crippen molar-refractivity contribution in [2.24, 2.45) is 11.7 Å². The van der Waals surface area contributed by atoms with Gasteiger partial charge in [0.2, 0.25) is 0 Å². The number of hydrogen-bond donors (Lipinski definition) is 1. The summed E-state index contributed by atoms with van der Waals surface area (Å²) >= 11 is 0. The lowest BCUT2D eigenvalue weighted by molar-refractivity contribution is 0.566. The normalized spacial score (nSPS) is 21.9. The molecule has 0 saturated carbocycles. The van der Waals surface area contributed by atoms with Gasteiger partial charge in [0.1, 0.15) is 5.82 Å². The Morgan fingerprint density at radius 2 is 2.29 bits per heavy atom. The Bertz CT molecular complexity index is 390. The lowest BCUT2D eigenvalue weighted by Gasteiger charge is -2.24. The Labute approximate surface area is 103 Å². The predicted octanol–water partition coefficient (Wildman–Crippen LogP) is 3.08. The van der Waals surface area contributed by atoms with Crippen LogP contribution in [0, 0.1) is 11.7 Å². The van der Waals surface area contributed by atoms with E-state index >= 15 is 0 Å². The molecule has 1 saturated heterocycles. The number of halogens is 1. The molecule has 2 N–H and O–H groups in total. The van der Waals surface area contributed by atoms with Crippen molar-refractivity contribution in [3.05, 3.63) is 29.6 Å². The Morgan fingerprint density at radius 3 is 2.88 bits per heavy atom. The Morgan fingerprint density at radius 1 is 1.53 bits per heavy atom. The second-order valence-corrected chi connectivity index (χ2v) is 4.98. The van der Waals surface area contributed by atoms with E-state index in [0.717, 1.165) is 30.8 Å². The fourth-order valence-corrected chi connectivity index (χ4v) is 2.60. The van der Waals surface area contributed by atoms with E-state index in [4.69, 9.17) is 5.73 Å². The van der Waals surface area contributed by atoms with E-state index in [1.165, 1.54) is 12.5 Å². The predicted molar refractivity (Wildman–Crippen MR) is 69.6 cm³/mol. The summed E-state index contributed by atoms with van der Waals surface area (Å²) in [5.41, 5.74) is 7.56. The van der Waals surface area contributed by atoms with Crippen molar-refractivity contribution in [3.8, 4) is 0 Å². The molecule has 1 aromatic carbocycles. The van der Waals surface area contributed by atoms with Crippen molar-refractivity contribution in [2.45, 2.75) is 32.7 Å². The Balaban J connectivity index is 2.31. The molecule has 17 heavy (non-hydrogen) atoms. The lowest BCUT2D eigenvalue weighted by atomic mass is 10.0. The molecule has 94 valence electrons. The van der Waals surface area contributed by atoms with Crippen LogP contribution in [-0.2, 0) is 0 Å². The summed E-state index contributed by atoms with van der Waals surface area (Å²) in [5, 5.41) is 0. The van der Waals surface area contributed by atoms with Gasteiger partial charge in [0.05, 0.1) is 5.69 Å². The number of hydrogen-bond acceptors (Lipinski definition) is 2. The summed E-state index contributed by atoms with van der Waals surface area (Å²) in [5.74, 6) is 0.548. The second kappa shape index (κ2) is 5.05. The minimum atomic E-state index is -0.142. The molecule has 1 heterocycles. The smallest absolute Gasteiger partial charge is 0.146 e. The third-order valence-electron chi connectivity index (χ3n) is 3.69. The van der Waals surface area contributed by atoms with Gasteiger partial charge in [0, 0.05) is 19.1 Å². The van der Waals surface area contributed by atoms with E-state index in [0.29, 0.717) is 5.92 Å². The monoisotopic (exact) mass is 236 g/mol. The number of para-hydroxylation sites is 1. The topological polar surface area (TPSA) is 29.3 Å². The van der Waals surface area contributed by atoms with Gasteiger partial charge in [-0.25, -0.2) is 4.39 Å². The van der Waals surface area contributed by atoms with Gasteiger partial charge in [0.15, 0.2) is 0 Å². The van der Waals surface area contributed by atoms with Crippen LogP contribution in [0.25, 0.3) is 0 Å². The van der Waals surface area contributed by atoms with Gasteiger partial charge < -0.3 is 10.6 Å². The maximum absolute atomic E-state index is 14.0. The van der Waals surface area contributed by atoms with E-state index in [9.17, 15) is 4.39 Å². The molecule has 2 nitrogen and oxygen atoms in total. The molecule has 2 rings (SSSR count). The highest BCUT2D eigenvalue weighted by Gasteiger charge is 2.25. The maximum Gasteiger partial charge on any atom is 0.146 e. The van der Waals surface area contributed by atoms with Crippen molar-refractivity contribution in [1.29, 1.82) is 0 Å². The van der Waals surface area contributed by atoms with Crippen molar-refractivity contribution >= 4 is 5.69 Å². The molecule has 3 heteroatoms. The zero-order valence-electron chi connectivity index (χ0n) is 10.6. The average Bonchev–Trinajstić information content (AvgIpc) is 2.76. The van der Waals surface area contributed by atoms with Crippen LogP contribution in [0.15, 0.2) is 18.2 Å². The fourth-order valence-electron chi connectivity index (χ4n) is 2.60. The van der Waals surface area contributed by atoms with Crippen molar-refractivity contribution in [2.75, 3.05) is 18.0 Å². The molecule has 2 atom stereocenters. The molecule has 1 aromatic rings. The number of nitrogens with zero attached hydrogens (tertiary/aromatic N) is 1. The van der Waals surface area contributed by atoms with Crippen LogP contribution in [0.5, 0.6) is 0 Å². The molecule has 0 aromatic heterocycles. The molecule has 1 aliphatic rings. The summed E-state index contributed by atoms with van der Waals surface area (Å²) in [6.07, 6.45) is 2.32. The highest BCUT2D eigenvalue weighted by Crippen LogP contribution is 2.33. The van der Waals surface area contributed by atoms with E-state index in [-0.39, 0.29) is 11.9 Å². The summed E-state index contributed by atoms with van der Waals surface area (Å²) in [6, 6.07) is 5.08. The van der Waals surface area contributed by atoms with E-state index in [2.05, 4.69) is 11.8 Å². The third kappa shape index (κ3) is 2.44. The first-order chi connectivity index (χ1) is 8.13. The lowest BCUT2D eigenvalue weighted by Crippen LogP contribution is -2.24. The summed E-state index contributed by atoms with van der Waals surface area (Å²) in [7, 11) is 0. The van der Waals surface area contributed by atoms with Crippen molar-refractivity contribution < 1.29 is 4.39 Å². The van der Waals surface area contributed by atoms with Crippen LogP contribution in [-0.4, -0.2) is 13.1 Å². The van der Waals surface area contributed by atoms with Crippen LogP contribution in [0.1, 0.15) is 38.3 Å². The SMILES string of the molecule is CCC1CCN(c2c(F)cccc2[C@@H](C)N)C1. The first kappa shape index (κ1) is 12.4. The minimum Gasteiger partial charge on any atom is -0.369 e. The molecule has 0 spiro atoms. The van der Waals surface area contributed by atoms with Crippen LogP contribution < -0.4 is 10.6 Å². The molecule has 0 aliphatic carbocycles. The second-order valence-electron chi connectivity index (χ2n) is 4.98. The zero-order chi connectivity index (χ0) is 12.4. The minimum absolute atomic E-state index is 0.124. The van der Waals surface area contributed by atoms with Crippen LogP contribution >= 0.6 is 0 Å². The Kier molecular flexibility index (Phi) is 3.67. The van der Waals surface area contributed by atoms with Gasteiger partial charge in [-0.15, -0.1) is 0 Å². The van der Waals surface area contributed by atoms with Crippen molar-refractivity contribution in [1.82, 2.24) is 0 Å². The van der Waals surface area contributed by atoms with Crippen molar-refractivity contribution in [3.63, 3.8) is 0 Å². The van der Waals surface area contributed by atoms with E-state index in [1.807, 2.05) is 13.0 Å². The summed E-state index contributed by atoms with van der Waals surface area (Å²) < 4.78 is 14.0. The average molecular weight is 236 g/mol. The molecular weight excluding hydrogens is 215 g/mol. The number of nitrogens with two attached hydrogens (primary N) is 1.